The van der Waals surface area contributed by atoms with Gasteiger partial charge in [0.25, 0.3) is 0 Å². The Kier molecular flexibility index (Phi) is 3.73. The van der Waals surface area contributed by atoms with Crippen molar-refractivity contribution in [2.75, 3.05) is 0 Å². The summed E-state index contributed by atoms with van der Waals surface area (Å²) < 4.78 is 0. The second-order valence-electron chi connectivity index (χ2n) is 3.95. The fourth-order valence-corrected chi connectivity index (χ4v) is 1.74. The Labute approximate surface area is 96.4 Å². The van der Waals surface area contributed by atoms with Crippen LogP contribution in [0.2, 0.25) is 0 Å². The molecule has 16 heavy (non-hydrogen) atoms. The molecule has 0 saturated carbocycles. The number of aryl methyl sites for hydroxylation is 2. The van der Waals surface area contributed by atoms with Gasteiger partial charge in [0.15, 0.2) is 0 Å². The monoisotopic (exact) mass is 211 g/mol. The van der Waals surface area contributed by atoms with Crippen LogP contribution >= 0.6 is 0 Å². The highest BCUT2D eigenvalue weighted by Crippen LogP contribution is 2.09. The van der Waals surface area contributed by atoms with Crippen molar-refractivity contribution in [1.29, 1.82) is 0 Å². The maximum Gasteiger partial charge on any atom is 0.107 e. The average molecular weight is 211 g/mol. The molecule has 0 aliphatic heterocycles. The minimum absolute atomic E-state index is 0.126. The Morgan fingerprint density at radius 2 is 1.12 bits per heavy atom. The summed E-state index contributed by atoms with van der Waals surface area (Å²) in [6.45, 7) is -0.126. The Morgan fingerprint density at radius 3 is 1.69 bits per heavy atom. The third-order valence-electron chi connectivity index (χ3n) is 2.73. The third-order valence-corrected chi connectivity index (χ3v) is 2.73. The van der Waals surface area contributed by atoms with Crippen LogP contribution in [0, 0.1) is 0 Å². The normalized spacial score (nSPS) is 10.3. The van der Waals surface area contributed by atoms with E-state index in [4.69, 9.17) is 0 Å². The first kappa shape index (κ1) is 10.9. The van der Waals surface area contributed by atoms with Crippen LogP contribution in [0.3, 0.4) is 0 Å². The second-order valence-corrected chi connectivity index (χ2v) is 3.95. The molecule has 0 bridgehead atoms. The molecule has 1 nitrogen and oxygen atoms in total. The van der Waals surface area contributed by atoms with Gasteiger partial charge in [-0.05, 0) is 29.5 Å². The van der Waals surface area contributed by atoms with Crippen LogP contribution in [0.1, 0.15) is 16.7 Å². The summed E-state index contributed by atoms with van der Waals surface area (Å²) in [5, 5.41) is 10.6. The standard InChI is InChI=1S/C15H15O/c16-12-15-10-8-14(9-11-15)7-6-13-4-2-1-3-5-13/h1-5,8-11H,6-7,12H2. The molecule has 0 atom stereocenters. The highest BCUT2D eigenvalue weighted by atomic mass is 16.3. The summed E-state index contributed by atoms with van der Waals surface area (Å²) in [5.41, 5.74) is 3.51. The first-order chi connectivity index (χ1) is 7.88. The van der Waals surface area contributed by atoms with Crippen LogP contribution in [-0.2, 0) is 24.6 Å². The van der Waals surface area contributed by atoms with Gasteiger partial charge in [-0.2, -0.15) is 0 Å². The van der Waals surface area contributed by atoms with E-state index in [1.54, 1.807) is 0 Å². The fraction of sp³-hybridized carbons (Fsp3) is 0.200. The fourth-order valence-electron chi connectivity index (χ4n) is 1.74. The smallest absolute Gasteiger partial charge is 0.107 e. The predicted molar refractivity (Wildman–Crippen MR) is 64.7 cm³/mol. The maximum atomic E-state index is 10.6. The van der Waals surface area contributed by atoms with Gasteiger partial charge in [0.1, 0.15) is 6.61 Å². The van der Waals surface area contributed by atoms with Crippen LogP contribution < -0.4 is 0 Å². The largest absolute Gasteiger partial charge is 0.232 e. The summed E-state index contributed by atoms with van der Waals surface area (Å²) >= 11 is 0. The van der Waals surface area contributed by atoms with Gasteiger partial charge in [-0.1, -0.05) is 54.6 Å². The minimum Gasteiger partial charge on any atom is -0.232 e. The van der Waals surface area contributed by atoms with Crippen LogP contribution in [-0.4, -0.2) is 0 Å². The van der Waals surface area contributed by atoms with Crippen LogP contribution in [0.25, 0.3) is 0 Å². The Hall–Kier alpha value is -1.60. The van der Waals surface area contributed by atoms with Crippen LogP contribution in [0.15, 0.2) is 54.6 Å². The highest BCUT2D eigenvalue weighted by molar-refractivity contribution is 5.24. The van der Waals surface area contributed by atoms with Crippen molar-refractivity contribution < 1.29 is 5.11 Å². The summed E-state index contributed by atoms with van der Waals surface area (Å²) in [6, 6.07) is 18.4. The topological polar surface area (TPSA) is 19.9 Å². The van der Waals surface area contributed by atoms with Crippen molar-refractivity contribution in [3.8, 4) is 0 Å². The molecule has 0 N–H and O–H groups in total. The van der Waals surface area contributed by atoms with Crippen molar-refractivity contribution in [1.82, 2.24) is 0 Å². The van der Waals surface area contributed by atoms with Crippen LogP contribution in [0.4, 0.5) is 0 Å². The highest BCUT2D eigenvalue weighted by Gasteiger charge is 1.96. The van der Waals surface area contributed by atoms with Gasteiger partial charge >= 0.3 is 0 Å². The number of rotatable bonds is 4. The van der Waals surface area contributed by atoms with E-state index in [2.05, 4.69) is 36.4 Å². The Balaban J connectivity index is 1.94. The van der Waals surface area contributed by atoms with E-state index in [-0.39, 0.29) is 6.61 Å². The van der Waals surface area contributed by atoms with Gasteiger partial charge in [0, 0.05) is 0 Å². The lowest BCUT2D eigenvalue weighted by Crippen LogP contribution is -1.91. The zero-order chi connectivity index (χ0) is 11.2. The summed E-state index contributed by atoms with van der Waals surface area (Å²) in [5.74, 6) is 0. The first-order valence-corrected chi connectivity index (χ1v) is 5.58. The summed E-state index contributed by atoms with van der Waals surface area (Å²) in [6.07, 6.45) is 2.08. The van der Waals surface area contributed by atoms with Gasteiger partial charge in [0.05, 0.1) is 0 Å². The molecule has 2 aromatic carbocycles. The van der Waals surface area contributed by atoms with E-state index in [1.807, 2.05) is 18.2 Å². The summed E-state index contributed by atoms with van der Waals surface area (Å²) in [4.78, 5) is 0. The molecule has 2 aromatic rings. The predicted octanol–water partition coefficient (Wildman–Crippen LogP) is 3.40. The van der Waals surface area contributed by atoms with Crippen molar-refractivity contribution in [2.45, 2.75) is 19.4 Å². The maximum absolute atomic E-state index is 10.6. The van der Waals surface area contributed by atoms with E-state index in [9.17, 15) is 5.11 Å². The van der Waals surface area contributed by atoms with E-state index in [0.29, 0.717) is 0 Å². The molecule has 0 fully saturated rings. The second kappa shape index (κ2) is 5.47. The lowest BCUT2D eigenvalue weighted by atomic mass is 10.0. The van der Waals surface area contributed by atoms with Crippen LogP contribution in [0.5, 0.6) is 0 Å². The van der Waals surface area contributed by atoms with Crippen molar-refractivity contribution in [2.24, 2.45) is 0 Å². The average Bonchev–Trinajstić information content (AvgIpc) is 2.38. The van der Waals surface area contributed by atoms with E-state index in [0.717, 1.165) is 18.4 Å². The molecular formula is C15H15O. The van der Waals surface area contributed by atoms with E-state index < -0.39 is 0 Å². The molecule has 2 rings (SSSR count). The van der Waals surface area contributed by atoms with E-state index in [1.165, 1.54) is 11.1 Å². The first-order valence-electron chi connectivity index (χ1n) is 5.58. The zero-order valence-electron chi connectivity index (χ0n) is 9.23. The van der Waals surface area contributed by atoms with Crippen molar-refractivity contribution in [3.05, 3.63) is 71.3 Å². The number of benzene rings is 2. The Bertz CT molecular complexity index is 417. The molecule has 1 heteroatoms. The minimum atomic E-state index is -0.126. The lowest BCUT2D eigenvalue weighted by molar-refractivity contribution is 0.177. The molecule has 0 amide bonds. The van der Waals surface area contributed by atoms with Gasteiger partial charge in [-0.15, -0.1) is 0 Å². The van der Waals surface area contributed by atoms with Gasteiger partial charge < -0.3 is 0 Å². The van der Waals surface area contributed by atoms with Crippen molar-refractivity contribution in [3.63, 3.8) is 0 Å². The number of hydrogen-bond acceptors (Lipinski definition) is 0. The molecule has 1 radical (unpaired) electrons. The van der Waals surface area contributed by atoms with Gasteiger partial charge in [0.2, 0.25) is 0 Å². The quantitative estimate of drug-likeness (QED) is 0.738. The molecule has 0 aromatic heterocycles. The van der Waals surface area contributed by atoms with Gasteiger partial charge in [-0.3, -0.25) is 0 Å². The molecule has 0 saturated heterocycles. The SMILES string of the molecule is [O]Cc1ccc(CCc2ccccc2)cc1. The molecule has 0 heterocycles. The third kappa shape index (κ3) is 2.94. The molecular weight excluding hydrogens is 196 g/mol. The van der Waals surface area contributed by atoms with E-state index >= 15 is 0 Å². The van der Waals surface area contributed by atoms with Crippen molar-refractivity contribution >= 4 is 0 Å². The molecule has 0 spiro atoms. The zero-order valence-corrected chi connectivity index (χ0v) is 9.23. The number of hydrogen-bond donors (Lipinski definition) is 0. The summed E-state index contributed by atoms with van der Waals surface area (Å²) in [7, 11) is 0. The lowest BCUT2D eigenvalue weighted by Gasteiger charge is -2.02. The molecule has 0 unspecified atom stereocenters. The molecule has 0 aliphatic carbocycles. The molecule has 0 aliphatic rings. The van der Waals surface area contributed by atoms with Gasteiger partial charge in [-0.25, -0.2) is 5.11 Å². The Morgan fingerprint density at radius 1 is 0.625 bits per heavy atom. The molecule has 81 valence electrons.